The lowest BCUT2D eigenvalue weighted by Crippen LogP contribution is -2.20. The van der Waals surface area contributed by atoms with Crippen LogP contribution in [0.2, 0.25) is 0 Å². The Hall–Kier alpha value is -1.65. The van der Waals surface area contributed by atoms with Crippen LogP contribution in [0.15, 0.2) is 17.0 Å². The number of benzene rings is 1. The Balaban J connectivity index is 3.19. The van der Waals surface area contributed by atoms with E-state index >= 15 is 0 Å². The van der Waals surface area contributed by atoms with Crippen LogP contribution >= 0.6 is 0 Å². The Morgan fingerprint density at radius 2 is 1.81 bits per heavy atom. The lowest BCUT2D eigenvalue weighted by molar-refractivity contribution is -0.136. The van der Waals surface area contributed by atoms with Gasteiger partial charge in [-0.1, -0.05) is 0 Å². The molecule has 21 heavy (non-hydrogen) atoms. The normalized spacial score (nSPS) is 12.1. The molecule has 0 heterocycles. The van der Waals surface area contributed by atoms with Gasteiger partial charge in [0, 0.05) is 0 Å². The van der Waals surface area contributed by atoms with Crippen molar-refractivity contribution < 1.29 is 26.7 Å². The van der Waals surface area contributed by atoms with Crippen LogP contribution in [-0.4, -0.2) is 33.7 Å². The second kappa shape index (κ2) is 6.00. The van der Waals surface area contributed by atoms with Gasteiger partial charge in [0.05, 0.1) is 22.8 Å². The van der Waals surface area contributed by atoms with E-state index in [1.54, 1.807) is 13.8 Å². The number of aliphatic carboxylic acids is 1. The van der Waals surface area contributed by atoms with Crippen molar-refractivity contribution in [2.75, 3.05) is 10.5 Å². The lowest BCUT2D eigenvalue weighted by atomic mass is 10.1. The van der Waals surface area contributed by atoms with Crippen LogP contribution in [0.5, 0.6) is 0 Å². The van der Waals surface area contributed by atoms with Gasteiger partial charge in [-0.25, -0.2) is 22.0 Å². The Morgan fingerprint density at radius 1 is 1.24 bits per heavy atom. The van der Waals surface area contributed by atoms with E-state index < -0.39 is 38.2 Å². The van der Waals surface area contributed by atoms with Crippen molar-refractivity contribution in [1.82, 2.24) is 0 Å². The highest BCUT2D eigenvalue weighted by Crippen LogP contribution is 2.24. The molecular weight excluding hydrogens is 320 g/mol. The molecule has 0 unspecified atom stereocenters. The van der Waals surface area contributed by atoms with Crippen molar-refractivity contribution in [2.24, 2.45) is 5.14 Å². The molecule has 0 aliphatic carbocycles. The monoisotopic (exact) mass is 336 g/mol. The Morgan fingerprint density at radius 3 is 2.29 bits per heavy atom. The maximum absolute atomic E-state index is 11.8. The van der Waals surface area contributed by atoms with Gasteiger partial charge in [-0.3, -0.25) is 9.52 Å². The Bertz CT molecular complexity index is 768. The van der Waals surface area contributed by atoms with Crippen molar-refractivity contribution in [3.63, 3.8) is 0 Å². The first kappa shape index (κ1) is 17.4. The molecule has 0 fully saturated rings. The van der Waals surface area contributed by atoms with Gasteiger partial charge in [0.2, 0.25) is 20.0 Å². The molecule has 0 aliphatic rings. The summed E-state index contributed by atoms with van der Waals surface area (Å²) in [7, 11) is -7.87. The summed E-state index contributed by atoms with van der Waals surface area (Å²) in [6, 6.07) is 2.44. The van der Waals surface area contributed by atoms with Crippen molar-refractivity contribution in [2.45, 2.75) is 25.2 Å². The van der Waals surface area contributed by atoms with Crippen molar-refractivity contribution in [3.05, 3.63) is 23.3 Å². The summed E-state index contributed by atoms with van der Waals surface area (Å²) in [5.41, 5.74) is 1.13. The third-order valence-electron chi connectivity index (χ3n) is 2.82. The lowest BCUT2D eigenvalue weighted by Gasteiger charge is -2.13. The maximum Gasteiger partial charge on any atom is 0.304 e. The summed E-state index contributed by atoms with van der Waals surface area (Å²) in [5, 5.41) is 13.5. The van der Waals surface area contributed by atoms with E-state index in [0.717, 1.165) is 6.07 Å². The second-order valence-electron chi connectivity index (χ2n) is 4.52. The van der Waals surface area contributed by atoms with E-state index in [9.17, 15) is 21.6 Å². The first-order valence-electron chi connectivity index (χ1n) is 5.79. The number of anilines is 1. The Labute approximate surface area is 123 Å². The van der Waals surface area contributed by atoms with Gasteiger partial charge in [-0.2, -0.15) is 0 Å². The van der Waals surface area contributed by atoms with Crippen LogP contribution in [0.1, 0.15) is 17.5 Å². The van der Waals surface area contributed by atoms with Gasteiger partial charge in [0.1, 0.15) is 0 Å². The molecule has 0 spiro atoms. The van der Waals surface area contributed by atoms with E-state index in [2.05, 4.69) is 4.72 Å². The molecule has 0 bridgehead atoms. The van der Waals surface area contributed by atoms with E-state index in [-0.39, 0.29) is 10.6 Å². The predicted molar refractivity (Wildman–Crippen MR) is 77.0 cm³/mol. The topological polar surface area (TPSA) is 144 Å². The largest absolute Gasteiger partial charge is 0.481 e. The van der Waals surface area contributed by atoms with Gasteiger partial charge in [0.25, 0.3) is 0 Å². The van der Waals surface area contributed by atoms with Crippen LogP contribution in [0.3, 0.4) is 0 Å². The number of primary sulfonamides is 1. The summed E-state index contributed by atoms with van der Waals surface area (Å²) in [6.45, 7) is 3.22. The summed E-state index contributed by atoms with van der Waals surface area (Å²) in [5.74, 6) is -1.85. The minimum absolute atomic E-state index is 0.0596. The summed E-state index contributed by atoms with van der Waals surface area (Å²) in [6.07, 6.45) is -0.553. The summed E-state index contributed by atoms with van der Waals surface area (Å²) in [4.78, 5) is 10.2. The van der Waals surface area contributed by atoms with E-state index in [1.807, 2.05) is 0 Å². The van der Waals surface area contributed by atoms with E-state index in [0.29, 0.717) is 11.1 Å². The van der Waals surface area contributed by atoms with Crippen LogP contribution in [0, 0.1) is 13.8 Å². The highest BCUT2D eigenvalue weighted by molar-refractivity contribution is 7.92. The smallest absolute Gasteiger partial charge is 0.304 e. The molecule has 10 heteroatoms. The average molecular weight is 336 g/mol. The van der Waals surface area contributed by atoms with Crippen LogP contribution in [0.4, 0.5) is 5.69 Å². The van der Waals surface area contributed by atoms with E-state index in [4.69, 9.17) is 10.2 Å². The van der Waals surface area contributed by atoms with Gasteiger partial charge < -0.3 is 5.11 Å². The zero-order valence-corrected chi connectivity index (χ0v) is 13.1. The summed E-state index contributed by atoms with van der Waals surface area (Å²) < 4.78 is 48.4. The number of aryl methyl sites for hydroxylation is 1. The molecule has 0 aromatic heterocycles. The number of rotatable bonds is 6. The van der Waals surface area contributed by atoms with E-state index in [1.165, 1.54) is 6.07 Å². The number of hydrogen-bond donors (Lipinski definition) is 3. The maximum atomic E-state index is 11.8. The molecule has 0 radical (unpaired) electrons. The third-order valence-corrected chi connectivity index (χ3v) is 4.98. The quantitative estimate of drug-likeness (QED) is 0.675. The minimum atomic E-state index is -3.97. The predicted octanol–water partition coefficient (Wildman–Crippen LogP) is 0.167. The SMILES string of the molecule is Cc1cc(S(N)(=O)=O)cc(NS(=O)(=O)CCC(=O)O)c1C. The fraction of sp³-hybridized carbons (Fsp3) is 0.364. The molecule has 0 amide bonds. The molecule has 4 N–H and O–H groups in total. The zero-order chi connectivity index (χ0) is 16.4. The summed E-state index contributed by atoms with van der Waals surface area (Å²) >= 11 is 0. The molecule has 0 atom stereocenters. The standard InChI is InChI=1S/C11H16N2O6S2/c1-7-5-9(21(12,18)19)6-10(8(7)2)13-20(16,17)4-3-11(14)15/h5-6,13H,3-4H2,1-2H3,(H,14,15)(H2,12,18,19). The molecule has 0 saturated heterocycles. The first-order valence-corrected chi connectivity index (χ1v) is 8.98. The second-order valence-corrected chi connectivity index (χ2v) is 7.93. The highest BCUT2D eigenvalue weighted by atomic mass is 32.2. The first-order chi connectivity index (χ1) is 9.42. The van der Waals surface area contributed by atoms with Crippen molar-refractivity contribution >= 4 is 31.7 Å². The molecule has 8 nitrogen and oxygen atoms in total. The fourth-order valence-corrected chi connectivity index (χ4v) is 3.25. The van der Waals surface area contributed by atoms with Crippen molar-refractivity contribution in [3.8, 4) is 0 Å². The van der Waals surface area contributed by atoms with Gasteiger partial charge in [-0.05, 0) is 37.1 Å². The zero-order valence-electron chi connectivity index (χ0n) is 11.5. The number of carboxylic acids is 1. The average Bonchev–Trinajstić information content (AvgIpc) is 2.31. The number of sulfonamides is 2. The minimum Gasteiger partial charge on any atom is -0.481 e. The molecule has 1 aromatic rings. The Kier molecular flexibility index (Phi) is 4.97. The van der Waals surface area contributed by atoms with Gasteiger partial charge in [-0.15, -0.1) is 0 Å². The van der Waals surface area contributed by atoms with Gasteiger partial charge in [0.15, 0.2) is 0 Å². The molecule has 1 rings (SSSR count). The number of nitrogens with two attached hydrogens (primary N) is 1. The highest BCUT2D eigenvalue weighted by Gasteiger charge is 2.17. The molecule has 0 saturated carbocycles. The molecule has 1 aromatic carbocycles. The molecule has 118 valence electrons. The van der Waals surface area contributed by atoms with Crippen LogP contribution < -0.4 is 9.86 Å². The number of nitrogens with one attached hydrogen (secondary N) is 1. The third kappa shape index (κ3) is 4.99. The molecular formula is C11H16N2O6S2. The number of carboxylic acid groups (broad SMARTS) is 1. The van der Waals surface area contributed by atoms with Gasteiger partial charge >= 0.3 is 5.97 Å². The number of hydrogen-bond acceptors (Lipinski definition) is 5. The fourth-order valence-electron chi connectivity index (χ4n) is 1.54. The van der Waals surface area contributed by atoms with Crippen LogP contribution in [-0.2, 0) is 24.8 Å². The molecule has 0 aliphatic heterocycles. The number of carbonyl (C=O) groups is 1. The van der Waals surface area contributed by atoms with Crippen LogP contribution in [0.25, 0.3) is 0 Å². The van der Waals surface area contributed by atoms with Crippen molar-refractivity contribution in [1.29, 1.82) is 0 Å².